The van der Waals surface area contributed by atoms with Crippen LogP contribution in [0.4, 0.5) is 4.39 Å². The van der Waals surface area contributed by atoms with E-state index in [4.69, 9.17) is 4.74 Å². The highest BCUT2D eigenvalue weighted by Crippen LogP contribution is 2.26. The number of nitrogens with zero attached hydrogens (tertiary/aromatic N) is 1. The van der Waals surface area contributed by atoms with Crippen molar-refractivity contribution < 1.29 is 18.7 Å². The lowest BCUT2D eigenvalue weighted by Crippen LogP contribution is -2.41. The van der Waals surface area contributed by atoms with Gasteiger partial charge < -0.3 is 9.64 Å². The smallest absolute Gasteiger partial charge is 0.314 e. The average Bonchev–Trinajstić information content (AvgIpc) is 2.66. The summed E-state index contributed by atoms with van der Waals surface area (Å²) in [6.07, 6.45) is 1.13. The van der Waals surface area contributed by atoms with Gasteiger partial charge in [-0.05, 0) is 80.6 Å². The lowest BCUT2D eigenvalue weighted by atomic mass is 9.96. The molecular weight excluding hydrogens is 345 g/mol. The number of hydrogen-bond donors (Lipinski definition) is 0. The molecule has 4 nitrogen and oxygen atoms in total. The van der Waals surface area contributed by atoms with E-state index in [0.717, 1.165) is 16.7 Å². The zero-order valence-corrected chi connectivity index (χ0v) is 15.9. The first-order chi connectivity index (χ1) is 12.8. The Balaban J connectivity index is 1.59. The Kier molecular flexibility index (Phi) is 5.59. The Morgan fingerprint density at radius 1 is 1.04 bits per heavy atom. The van der Waals surface area contributed by atoms with Crippen LogP contribution in [0, 0.1) is 32.5 Å². The number of halogens is 1. The van der Waals surface area contributed by atoms with E-state index in [2.05, 4.69) is 6.07 Å². The lowest BCUT2D eigenvalue weighted by Gasteiger charge is -2.31. The molecule has 1 saturated heterocycles. The molecule has 0 atom stereocenters. The number of benzene rings is 2. The van der Waals surface area contributed by atoms with Gasteiger partial charge in [0.15, 0.2) is 0 Å². The first kappa shape index (κ1) is 19.1. The van der Waals surface area contributed by atoms with Crippen LogP contribution in [0.5, 0.6) is 5.75 Å². The van der Waals surface area contributed by atoms with Gasteiger partial charge in [-0.15, -0.1) is 0 Å². The molecule has 1 heterocycles. The third-order valence-corrected chi connectivity index (χ3v) is 5.18. The highest BCUT2D eigenvalue weighted by molar-refractivity contribution is 5.94. The maximum atomic E-state index is 13.0. The van der Waals surface area contributed by atoms with Gasteiger partial charge in [0.2, 0.25) is 0 Å². The van der Waals surface area contributed by atoms with Gasteiger partial charge in [0.25, 0.3) is 5.91 Å². The molecule has 1 aliphatic rings. The fraction of sp³-hybridized carbons (Fsp3) is 0.364. The maximum absolute atomic E-state index is 13.0. The lowest BCUT2D eigenvalue weighted by molar-refractivity contribution is -0.140. The molecule has 0 aliphatic carbocycles. The number of piperidine rings is 1. The summed E-state index contributed by atoms with van der Waals surface area (Å²) in [6.45, 7) is 6.90. The quantitative estimate of drug-likeness (QED) is 0.601. The van der Waals surface area contributed by atoms with Crippen LogP contribution in [0.3, 0.4) is 0 Å². The second-order valence-corrected chi connectivity index (χ2v) is 7.20. The maximum Gasteiger partial charge on any atom is 0.314 e. The van der Waals surface area contributed by atoms with Gasteiger partial charge in [-0.25, -0.2) is 4.39 Å². The Bertz CT molecular complexity index is 853. The van der Waals surface area contributed by atoms with Crippen molar-refractivity contribution >= 4 is 11.9 Å². The summed E-state index contributed by atoms with van der Waals surface area (Å²) in [4.78, 5) is 26.8. The first-order valence-corrected chi connectivity index (χ1v) is 9.19. The molecule has 0 radical (unpaired) electrons. The fourth-order valence-corrected chi connectivity index (χ4v) is 3.39. The molecule has 27 heavy (non-hydrogen) atoms. The fourth-order valence-electron chi connectivity index (χ4n) is 3.39. The monoisotopic (exact) mass is 369 g/mol. The summed E-state index contributed by atoms with van der Waals surface area (Å²) in [5, 5.41) is 0. The van der Waals surface area contributed by atoms with Crippen LogP contribution in [0.1, 0.15) is 39.9 Å². The number of aryl methyl sites for hydroxylation is 2. The Hall–Kier alpha value is -2.69. The third kappa shape index (κ3) is 4.35. The Morgan fingerprint density at radius 2 is 1.67 bits per heavy atom. The molecule has 2 aromatic carbocycles. The number of hydrogen-bond acceptors (Lipinski definition) is 3. The number of rotatable bonds is 3. The van der Waals surface area contributed by atoms with Gasteiger partial charge in [0.1, 0.15) is 11.6 Å². The van der Waals surface area contributed by atoms with Crippen molar-refractivity contribution in [3.63, 3.8) is 0 Å². The molecule has 1 amide bonds. The second kappa shape index (κ2) is 7.91. The molecule has 0 N–H and O–H groups in total. The normalized spacial score (nSPS) is 14.9. The predicted molar refractivity (Wildman–Crippen MR) is 101 cm³/mol. The number of carbonyl (C=O) groups is 2. The van der Waals surface area contributed by atoms with Gasteiger partial charge in [-0.3, -0.25) is 9.59 Å². The molecular formula is C22H24FNO3. The van der Waals surface area contributed by atoms with Crippen LogP contribution in [0.15, 0.2) is 36.4 Å². The van der Waals surface area contributed by atoms with Crippen molar-refractivity contribution in [3.05, 3.63) is 64.5 Å². The molecule has 0 bridgehead atoms. The summed E-state index contributed by atoms with van der Waals surface area (Å²) in [5.74, 6) is -0.344. The van der Waals surface area contributed by atoms with E-state index in [-0.39, 0.29) is 23.6 Å². The first-order valence-electron chi connectivity index (χ1n) is 9.19. The highest BCUT2D eigenvalue weighted by Gasteiger charge is 2.29. The predicted octanol–water partition coefficient (Wildman–Crippen LogP) is 4.21. The van der Waals surface area contributed by atoms with Crippen LogP contribution in [-0.4, -0.2) is 29.9 Å². The van der Waals surface area contributed by atoms with Gasteiger partial charge in [-0.1, -0.05) is 6.07 Å². The van der Waals surface area contributed by atoms with E-state index in [0.29, 0.717) is 37.2 Å². The van der Waals surface area contributed by atoms with Gasteiger partial charge >= 0.3 is 5.97 Å². The minimum absolute atomic E-state index is 0.132. The molecule has 1 aliphatic heterocycles. The van der Waals surface area contributed by atoms with E-state index < -0.39 is 0 Å². The summed E-state index contributed by atoms with van der Waals surface area (Å²) >= 11 is 0. The van der Waals surface area contributed by atoms with Crippen molar-refractivity contribution in [2.75, 3.05) is 13.1 Å². The molecule has 0 saturated carbocycles. The van der Waals surface area contributed by atoms with Crippen LogP contribution < -0.4 is 4.74 Å². The molecule has 0 spiro atoms. The SMILES string of the molecule is Cc1cc(C)c(C)c(OC(=O)C2CCN(C(=O)c3ccc(F)cc3)CC2)c1. The topological polar surface area (TPSA) is 46.6 Å². The minimum Gasteiger partial charge on any atom is -0.426 e. The van der Waals surface area contributed by atoms with Crippen LogP contribution in [0.25, 0.3) is 0 Å². The van der Waals surface area contributed by atoms with Crippen LogP contribution in [0.2, 0.25) is 0 Å². The zero-order chi connectivity index (χ0) is 19.6. The summed E-state index contributed by atoms with van der Waals surface area (Å²) in [7, 11) is 0. The van der Waals surface area contributed by atoms with E-state index in [9.17, 15) is 14.0 Å². The summed E-state index contributed by atoms with van der Waals surface area (Å²) in [6, 6.07) is 9.48. The van der Waals surface area contributed by atoms with E-state index in [1.54, 1.807) is 4.90 Å². The van der Waals surface area contributed by atoms with Crippen molar-refractivity contribution in [1.82, 2.24) is 4.90 Å². The standard InChI is InChI=1S/C22H24FNO3/c1-14-12-15(2)16(3)20(13-14)27-22(26)18-8-10-24(11-9-18)21(25)17-4-6-19(23)7-5-17/h4-7,12-13,18H,8-11H2,1-3H3. The highest BCUT2D eigenvalue weighted by atomic mass is 19.1. The van der Waals surface area contributed by atoms with Gasteiger partial charge in [0, 0.05) is 18.7 Å². The van der Waals surface area contributed by atoms with Crippen LogP contribution >= 0.6 is 0 Å². The zero-order valence-electron chi connectivity index (χ0n) is 15.9. The summed E-state index contributed by atoms with van der Waals surface area (Å²) in [5.41, 5.74) is 3.58. The van der Waals surface area contributed by atoms with E-state index >= 15 is 0 Å². The molecule has 3 rings (SSSR count). The average molecular weight is 369 g/mol. The van der Waals surface area contributed by atoms with Crippen molar-refractivity contribution in [2.24, 2.45) is 5.92 Å². The molecule has 0 unspecified atom stereocenters. The van der Waals surface area contributed by atoms with Gasteiger partial charge in [0.05, 0.1) is 5.92 Å². The van der Waals surface area contributed by atoms with Gasteiger partial charge in [-0.2, -0.15) is 0 Å². The van der Waals surface area contributed by atoms with Crippen molar-refractivity contribution in [3.8, 4) is 5.75 Å². The van der Waals surface area contributed by atoms with Crippen molar-refractivity contribution in [1.29, 1.82) is 0 Å². The Morgan fingerprint density at radius 3 is 2.30 bits per heavy atom. The second-order valence-electron chi connectivity index (χ2n) is 7.20. The molecule has 1 fully saturated rings. The molecule has 5 heteroatoms. The number of carbonyl (C=O) groups excluding carboxylic acids is 2. The Labute approximate surface area is 158 Å². The largest absolute Gasteiger partial charge is 0.426 e. The van der Waals surface area contributed by atoms with Crippen LogP contribution in [-0.2, 0) is 4.79 Å². The summed E-state index contributed by atoms with van der Waals surface area (Å²) < 4.78 is 18.7. The molecule has 0 aromatic heterocycles. The third-order valence-electron chi connectivity index (χ3n) is 5.18. The number of ether oxygens (including phenoxy) is 1. The minimum atomic E-state index is -0.366. The van der Waals surface area contributed by atoms with E-state index in [1.165, 1.54) is 24.3 Å². The number of esters is 1. The number of likely N-dealkylation sites (tertiary alicyclic amines) is 1. The van der Waals surface area contributed by atoms with Crippen molar-refractivity contribution in [2.45, 2.75) is 33.6 Å². The number of amides is 1. The molecule has 142 valence electrons. The molecule has 2 aromatic rings. The van der Waals surface area contributed by atoms with E-state index in [1.807, 2.05) is 26.8 Å².